The molecule has 5 fully saturated rings. The van der Waals surface area contributed by atoms with Crippen molar-refractivity contribution in [3.63, 3.8) is 0 Å². The molecule has 1 aliphatic heterocycles. The van der Waals surface area contributed by atoms with Crippen molar-refractivity contribution in [2.75, 3.05) is 13.2 Å². The van der Waals surface area contributed by atoms with Gasteiger partial charge in [0.05, 0.1) is 12.6 Å². The van der Waals surface area contributed by atoms with Gasteiger partial charge in [0.15, 0.2) is 0 Å². The molecule has 0 aromatic heterocycles. The monoisotopic (exact) mass is 355 g/mol. The van der Waals surface area contributed by atoms with Crippen LogP contribution in [0.15, 0.2) is 30.3 Å². The highest BCUT2D eigenvalue weighted by molar-refractivity contribution is 5.77. The fourth-order valence-electron chi connectivity index (χ4n) is 6.86. The topological polar surface area (TPSA) is 49.8 Å². The van der Waals surface area contributed by atoms with Crippen molar-refractivity contribution in [3.05, 3.63) is 35.9 Å². The van der Waals surface area contributed by atoms with E-state index < -0.39 is 6.10 Å². The first-order chi connectivity index (χ1) is 12.6. The molecule has 1 saturated heterocycles. The van der Waals surface area contributed by atoms with Gasteiger partial charge in [-0.05, 0) is 60.8 Å². The smallest absolute Gasteiger partial charge is 0.247 e. The average molecular weight is 355 g/mol. The van der Waals surface area contributed by atoms with Crippen LogP contribution in [0.1, 0.15) is 44.6 Å². The van der Waals surface area contributed by atoms with Gasteiger partial charge in [-0.3, -0.25) is 9.63 Å². The van der Waals surface area contributed by atoms with Gasteiger partial charge in [-0.2, -0.15) is 0 Å². The van der Waals surface area contributed by atoms with Crippen LogP contribution in [0.5, 0.6) is 0 Å². The first-order valence-electron chi connectivity index (χ1n) is 10.2. The molecule has 0 unspecified atom stereocenters. The lowest BCUT2D eigenvalue weighted by Gasteiger charge is -2.63. The normalized spacial score (nSPS) is 43.8. The van der Waals surface area contributed by atoms with Crippen molar-refractivity contribution >= 4 is 5.91 Å². The number of aliphatic hydroxyl groups excluding tert-OH is 1. The maximum atomic E-state index is 13.1. The van der Waals surface area contributed by atoms with E-state index >= 15 is 0 Å². The lowest BCUT2D eigenvalue weighted by atomic mass is 9.41. The van der Waals surface area contributed by atoms with E-state index in [0.717, 1.165) is 17.8 Å². The van der Waals surface area contributed by atoms with Gasteiger partial charge in [0, 0.05) is 11.8 Å². The Bertz CT molecular complexity index is 658. The lowest BCUT2D eigenvalue weighted by Crippen LogP contribution is -2.59. The fourth-order valence-corrected chi connectivity index (χ4v) is 6.86. The highest BCUT2D eigenvalue weighted by atomic mass is 16.7. The molecule has 140 valence electrons. The minimum Gasteiger partial charge on any atom is -0.389 e. The summed E-state index contributed by atoms with van der Waals surface area (Å²) in [4.78, 5) is 18.6. The summed E-state index contributed by atoms with van der Waals surface area (Å²) in [6.07, 6.45) is 5.03. The van der Waals surface area contributed by atoms with Crippen molar-refractivity contribution in [1.29, 1.82) is 0 Å². The van der Waals surface area contributed by atoms with E-state index in [-0.39, 0.29) is 17.9 Å². The number of nitrogens with zero attached hydrogens (tertiary/aromatic N) is 1. The SMILES string of the molecule is CC1C2CC3CC1CC(C2)C3(CC(=O)N1C[C@@H](O)CO1)c1ccccc1. The maximum absolute atomic E-state index is 13.1. The van der Waals surface area contributed by atoms with Crippen molar-refractivity contribution in [2.45, 2.75) is 50.5 Å². The third-order valence-electron chi connectivity index (χ3n) is 8.13. The molecule has 6 rings (SSSR count). The summed E-state index contributed by atoms with van der Waals surface area (Å²) in [5.41, 5.74) is 1.29. The molecule has 1 atom stereocenters. The molecule has 0 radical (unpaired) electrons. The summed E-state index contributed by atoms with van der Waals surface area (Å²) in [6, 6.07) is 10.8. The zero-order chi connectivity index (χ0) is 17.9. The van der Waals surface area contributed by atoms with E-state index in [4.69, 9.17) is 4.84 Å². The number of β-amino-alcohol motifs (C(OH)–C–C–N with tert-alkyl or cyclic N) is 1. The molecule has 4 saturated carbocycles. The molecular formula is C22H29NO3. The second kappa shape index (κ2) is 6.07. The zero-order valence-electron chi connectivity index (χ0n) is 15.5. The minimum absolute atomic E-state index is 0.0472. The highest BCUT2D eigenvalue weighted by Crippen LogP contribution is 2.65. The van der Waals surface area contributed by atoms with E-state index in [1.807, 2.05) is 0 Å². The van der Waals surface area contributed by atoms with Crippen LogP contribution < -0.4 is 0 Å². The standard InChI is InChI=1S/C22H29NO3/c1-14-15-7-18-9-16(14)10-19(8-15)22(18,17-5-3-2-4-6-17)11-21(25)23-12-20(24)13-26-23/h2-6,14-16,18-20,24H,7-13H2,1H3/t14?,15?,16?,18?,19?,20-,22?/m1/s1. The molecule has 4 aliphatic carbocycles. The van der Waals surface area contributed by atoms with Gasteiger partial charge < -0.3 is 5.11 Å². The van der Waals surface area contributed by atoms with Crippen LogP contribution >= 0.6 is 0 Å². The van der Waals surface area contributed by atoms with E-state index in [0.29, 0.717) is 24.8 Å². The predicted octanol–water partition coefficient (Wildman–Crippen LogP) is 3.15. The Hall–Kier alpha value is -1.39. The second-order valence-corrected chi connectivity index (χ2v) is 9.20. The number of carbonyl (C=O) groups is 1. The summed E-state index contributed by atoms with van der Waals surface area (Å²) in [5.74, 6) is 3.78. The number of benzene rings is 1. The Kier molecular flexibility index (Phi) is 3.91. The van der Waals surface area contributed by atoms with Crippen LogP contribution in [-0.2, 0) is 15.0 Å². The number of aliphatic hydroxyl groups is 1. The Morgan fingerprint density at radius 1 is 1.15 bits per heavy atom. The quantitative estimate of drug-likeness (QED) is 0.906. The largest absolute Gasteiger partial charge is 0.389 e. The Balaban J connectivity index is 1.50. The van der Waals surface area contributed by atoms with Crippen LogP contribution in [0.2, 0.25) is 0 Å². The maximum Gasteiger partial charge on any atom is 0.247 e. The summed E-state index contributed by atoms with van der Waals surface area (Å²) < 4.78 is 0. The van der Waals surface area contributed by atoms with Crippen LogP contribution in [0.25, 0.3) is 0 Å². The predicted molar refractivity (Wildman–Crippen MR) is 98.0 cm³/mol. The molecule has 1 amide bonds. The van der Waals surface area contributed by atoms with E-state index in [2.05, 4.69) is 37.3 Å². The Morgan fingerprint density at radius 3 is 2.31 bits per heavy atom. The van der Waals surface area contributed by atoms with Crippen LogP contribution in [0.4, 0.5) is 0 Å². The molecule has 1 aromatic carbocycles. The van der Waals surface area contributed by atoms with Gasteiger partial charge in [0.1, 0.15) is 6.61 Å². The summed E-state index contributed by atoms with van der Waals surface area (Å²) in [7, 11) is 0. The molecule has 1 heterocycles. The van der Waals surface area contributed by atoms with Crippen LogP contribution in [0, 0.1) is 29.6 Å². The molecule has 4 bridgehead atoms. The Labute approximate surface area is 155 Å². The number of hydrogen-bond acceptors (Lipinski definition) is 3. The molecule has 5 aliphatic rings. The number of amides is 1. The number of rotatable bonds is 3. The van der Waals surface area contributed by atoms with Gasteiger partial charge in [-0.1, -0.05) is 37.3 Å². The third-order valence-corrected chi connectivity index (χ3v) is 8.13. The van der Waals surface area contributed by atoms with E-state index in [1.165, 1.54) is 36.3 Å². The molecule has 1 aromatic rings. The van der Waals surface area contributed by atoms with Gasteiger partial charge >= 0.3 is 0 Å². The molecule has 4 heteroatoms. The third kappa shape index (κ3) is 2.38. The van der Waals surface area contributed by atoms with E-state index in [9.17, 15) is 9.90 Å². The first kappa shape index (κ1) is 16.8. The van der Waals surface area contributed by atoms with Crippen LogP contribution in [-0.4, -0.2) is 35.3 Å². The van der Waals surface area contributed by atoms with Crippen LogP contribution in [0.3, 0.4) is 0 Å². The second-order valence-electron chi connectivity index (χ2n) is 9.20. The average Bonchev–Trinajstić information content (AvgIpc) is 3.07. The number of hydroxylamine groups is 2. The minimum atomic E-state index is -0.550. The van der Waals surface area contributed by atoms with Gasteiger partial charge in [-0.25, -0.2) is 5.06 Å². The van der Waals surface area contributed by atoms with Crippen molar-refractivity contribution < 1.29 is 14.7 Å². The van der Waals surface area contributed by atoms with Crippen molar-refractivity contribution in [3.8, 4) is 0 Å². The van der Waals surface area contributed by atoms with Gasteiger partial charge in [-0.15, -0.1) is 0 Å². The molecular weight excluding hydrogens is 326 g/mol. The van der Waals surface area contributed by atoms with Gasteiger partial charge in [0.25, 0.3) is 0 Å². The highest BCUT2D eigenvalue weighted by Gasteiger charge is 2.60. The summed E-state index contributed by atoms with van der Waals surface area (Å²) in [5, 5.41) is 11.2. The van der Waals surface area contributed by atoms with E-state index in [1.54, 1.807) is 0 Å². The molecule has 4 nitrogen and oxygen atoms in total. The van der Waals surface area contributed by atoms with Gasteiger partial charge in [0.2, 0.25) is 5.91 Å². The Morgan fingerprint density at radius 2 is 1.77 bits per heavy atom. The zero-order valence-corrected chi connectivity index (χ0v) is 15.5. The number of carbonyl (C=O) groups excluding carboxylic acids is 1. The summed E-state index contributed by atoms with van der Waals surface area (Å²) >= 11 is 0. The van der Waals surface area contributed by atoms with Crippen molar-refractivity contribution in [1.82, 2.24) is 5.06 Å². The molecule has 1 N–H and O–H groups in total. The summed E-state index contributed by atoms with van der Waals surface area (Å²) in [6.45, 7) is 2.99. The van der Waals surface area contributed by atoms with Crippen molar-refractivity contribution in [2.24, 2.45) is 29.6 Å². The molecule has 26 heavy (non-hydrogen) atoms. The lowest BCUT2D eigenvalue weighted by molar-refractivity contribution is -0.176. The first-order valence-corrected chi connectivity index (χ1v) is 10.2. The molecule has 0 spiro atoms. The fraction of sp³-hybridized carbons (Fsp3) is 0.682. The number of hydrogen-bond donors (Lipinski definition) is 1.